The second-order valence-electron chi connectivity index (χ2n) is 9.49. The molecule has 1 saturated heterocycles. The number of aromatic hydroxyl groups is 9. The number of ether oxygens (including phenoxy) is 4. The molecule has 0 bridgehead atoms. The number of hydrogen-bond acceptors (Lipinski definition) is 18. The molecule has 0 unspecified atom stereocenters. The Morgan fingerprint density at radius 1 is 0.556 bits per heavy atom. The second-order valence-corrected chi connectivity index (χ2v) is 9.49. The summed E-state index contributed by atoms with van der Waals surface area (Å²) in [6.07, 6.45) is -10.1. The third-order valence-corrected chi connectivity index (χ3v) is 6.41. The third kappa shape index (κ3) is 6.56. The lowest BCUT2D eigenvalue weighted by Crippen LogP contribution is -2.61. The monoisotopic (exact) mass is 636 g/mol. The number of hydrogen-bond donors (Lipinski definition) is 11. The number of phenols is 9. The molecule has 3 aromatic carbocycles. The van der Waals surface area contributed by atoms with Crippen LogP contribution in [0.2, 0.25) is 0 Å². The topological polar surface area (TPSA) is 311 Å². The van der Waals surface area contributed by atoms with Gasteiger partial charge in [-0.05, 0) is 36.4 Å². The minimum atomic E-state index is -2.16. The van der Waals surface area contributed by atoms with Crippen LogP contribution in [0.25, 0.3) is 0 Å². The van der Waals surface area contributed by atoms with Crippen LogP contribution < -0.4 is 0 Å². The van der Waals surface area contributed by atoms with E-state index in [-0.39, 0.29) is 0 Å². The molecule has 0 aromatic heterocycles. The Kier molecular flexibility index (Phi) is 8.84. The molecular weight excluding hydrogens is 612 g/mol. The maximum absolute atomic E-state index is 12.9. The predicted molar refractivity (Wildman–Crippen MR) is 140 cm³/mol. The highest BCUT2D eigenvalue weighted by molar-refractivity contribution is 5.92. The fourth-order valence-electron chi connectivity index (χ4n) is 4.04. The second kappa shape index (κ2) is 12.4. The molecule has 5 atom stereocenters. The first-order valence-corrected chi connectivity index (χ1v) is 12.4. The molecule has 240 valence electrons. The molecule has 1 aliphatic rings. The zero-order chi connectivity index (χ0) is 33.3. The van der Waals surface area contributed by atoms with Crippen molar-refractivity contribution in [2.75, 3.05) is 6.61 Å². The fraction of sp³-hybridized carbons (Fsp3) is 0.222. The van der Waals surface area contributed by atoms with Gasteiger partial charge in [-0.25, -0.2) is 14.4 Å². The highest BCUT2D eigenvalue weighted by atomic mass is 16.7. The first-order valence-electron chi connectivity index (χ1n) is 12.4. The Morgan fingerprint density at radius 2 is 0.911 bits per heavy atom. The molecule has 1 fully saturated rings. The molecule has 18 nitrogen and oxygen atoms in total. The van der Waals surface area contributed by atoms with Gasteiger partial charge in [0.25, 0.3) is 0 Å². The van der Waals surface area contributed by atoms with E-state index in [2.05, 4.69) is 0 Å². The molecular formula is C27H24O18. The summed E-state index contributed by atoms with van der Waals surface area (Å²) in [4.78, 5) is 38.1. The van der Waals surface area contributed by atoms with Crippen molar-refractivity contribution in [3.63, 3.8) is 0 Å². The van der Waals surface area contributed by atoms with Gasteiger partial charge < -0.3 is 75.1 Å². The van der Waals surface area contributed by atoms with Crippen LogP contribution in [-0.2, 0) is 18.9 Å². The highest BCUT2D eigenvalue weighted by Gasteiger charge is 2.49. The van der Waals surface area contributed by atoms with E-state index < -0.39 is 124 Å². The molecule has 45 heavy (non-hydrogen) atoms. The first kappa shape index (κ1) is 32.1. The third-order valence-electron chi connectivity index (χ3n) is 6.41. The summed E-state index contributed by atoms with van der Waals surface area (Å²) >= 11 is 0. The zero-order valence-corrected chi connectivity index (χ0v) is 22.3. The number of carbonyl (C=O) groups is 3. The van der Waals surface area contributed by atoms with Gasteiger partial charge in [0.1, 0.15) is 24.9 Å². The van der Waals surface area contributed by atoms with Gasteiger partial charge in [-0.15, -0.1) is 0 Å². The largest absolute Gasteiger partial charge is 0.504 e. The van der Waals surface area contributed by atoms with E-state index in [1.165, 1.54) is 0 Å². The minimum Gasteiger partial charge on any atom is -0.504 e. The van der Waals surface area contributed by atoms with Crippen molar-refractivity contribution in [3.8, 4) is 51.7 Å². The SMILES string of the molecule is O=C(OC[C@H]1O[C@H](OC(=O)c2cc(O)c(O)c(O)c2)[C@H](OC(=O)c2cc(O)c(O)c(O)c2)[C@@H](O)[C@@H]1O)c1cc(O)c(O)c(O)c1. The van der Waals surface area contributed by atoms with Gasteiger partial charge in [0, 0.05) is 0 Å². The zero-order valence-electron chi connectivity index (χ0n) is 22.3. The Bertz CT molecular complexity index is 1580. The van der Waals surface area contributed by atoms with Crippen LogP contribution in [0.1, 0.15) is 31.1 Å². The lowest BCUT2D eigenvalue weighted by Gasteiger charge is -2.41. The smallest absolute Gasteiger partial charge is 0.340 e. The molecule has 0 radical (unpaired) electrons. The molecule has 1 aliphatic heterocycles. The standard InChI is InChI=1S/C27H24O18/c28-11-1-8(2-12(29)18(11)34)24(39)42-7-17-21(37)22(38)23(44-25(40)9-3-13(30)19(35)14(31)4-9)27(43-17)45-26(41)10-5-15(32)20(36)16(33)6-10/h1-6,17,21-23,27-38H,7H2/t17-,21-,22+,23-,27-/m1/s1. The Labute approximate surface area is 249 Å². The van der Waals surface area contributed by atoms with E-state index in [4.69, 9.17) is 18.9 Å². The van der Waals surface area contributed by atoms with E-state index in [1.54, 1.807) is 0 Å². The van der Waals surface area contributed by atoms with E-state index in [9.17, 15) is 70.6 Å². The van der Waals surface area contributed by atoms with Crippen LogP contribution in [0.5, 0.6) is 51.7 Å². The summed E-state index contributed by atoms with van der Waals surface area (Å²) in [6.45, 7) is -0.894. The number of benzene rings is 3. The number of phenolic OH excluding ortho intramolecular Hbond substituents is 9. The summed E-state index contributed by atoms with van der Waals surface area (Å²) in [7, 11) is 0. The first-order chi connectivity index (χ1) is 21.1. The number of aliphatic hydroxyl groups is 2. The van der Waals surface area contributed by atoms with E-state index in [1.807, 2.05) is 0 Å². The van der Waals surface area contributed by atoms with Crippen LogP contribution in [0.4, 0.5) is 0 Å². The van der Waals surface area contributed by atoms with Gasteiger partial charge >= 0.3 is 17.9 Å². The molecule has 1 heterocycles. The Morgan fingerprint density at radius 3 is 1.31 bits per heavy atom. The fourth-order valence-corrected chi connectivity index (χ4v) is 4.04. The van der Waals surface area contributed by atoms with Crippen molar-refractivity contribution in [1.29, 1.82) is 0 Å². The van der Waals surface area contributed by atoms with E-state index in [0.717, 1.165) is 12.1 Å². The van der Waals surface area contributed by atoms with Crippen LogP contribution in [0.3, 0.4) is 0 Å². The molecule has 0 aliphatic carbocycles. The quantitative estimate of drug-likeness (QED) is 0.0902. The van der Waals surface area contributed by atoms with Crippen LogP contribution in [0.15, 0.2) is 36.4 Å². The van der Waals surface area contributed by atoms with Gasteiger partial charge in [-0.1, -0.05) is 0 Å². The van der Waals surface area contributed by atoms with Crippen molar-refractivity contribution in [2.45, 2.75) is 30.7 Å². The molecule has 0 spiro atoms. The summed E-state index contributed by atoms with van der Waals surface area (Å²) in [5.74, 6) is -12.4. The van der Waals surface area contributed by atoms with Crippen LogP contribution >= 0.6 is 0 Å². The molecule has 4 rings (SSSR count). The van der Waals surface area contributed by atoms with Crippen molar-refractivity contribution < 1.29 is 89.5 Å². The lowest BCUT2D eigenvalue weighted by atomic mass is 9.99. The molecule has 18 heteroatoms. The maximum atomic E-state index is 12.9. The normalized spacial score (nSPS) is 21.1. The van der Waals surface area contributed by atoms with Crippen molar-refractivity contribution in [2.24, 2.45) is 0 Å². The average molecular weight is 636 g/mol. The van der Waals surface area contributed by atoms with Gasteiger partial charge in [-0.2, -0.15) is 0 Å². The predicted octanol–water partition coefficient (Wildman–Crippen LogP) is -0.277. The Hall–Kier alpha value is -5.85. The maximum Gasteiger partial charge on any atom is 0.340 e. The van der Waals surface area contributed by atoms with Crippen molar-refractivity contribution in [3.05, 3.63) is 53.1 Å². The van der Waals surface area contributed by atoms with Crippen LogP contribution in [-0.4, -0.2) is 111 Å². The highest BCUT2D eigenvalue weighted by Crippen LogP contribution is 2.38. The van der Waals surface area contributed by atoms with Gasteiger partial charge in [-0.3, -0.25) is 0 Å². The molecule has 3 aromatic rings. The van der Waals surface area contributed by atoms with Crippen molar-refractivity contribution in [1.82, 2.24) is 0 Å². The Balaban J connectivity index is 1.59. The number of carbonyl (C=O) groups excluding carboxylic acids is 3. The van der Waals surface area contributed by atoms with Gasteiger partial charge in [0.2, 0.25) is 6.29 Å². The summed E-state index contributed by atoms with van der Waals surface area (Å²) < 4.78 is 20.7. The number of aliphatic hydroxyl groups excluding tert-OH is 2. The minimum absolute atomic E-state index is 0.462. The van der Waals surface area contributed by atoms with Gasteiger partial charge in [0.05, 0.1) is 16.7 Å². The number of rotatable bonds is 7. The summed E-state index contributed by atoms with van der Waals surface area (Å²) in [5.41, 5.74) is -1.63. The molecule has 11 N–H and O–H groups in total. The van der Waals surface area contributed by atoms with Crippen molar-refractivity contribution >= 4 is 17.9 Å². The molecule has 0 saturated carbocycles. The average Bonchev–Trinajstić information content (AvgIpc) is 2.99. The molecule has 0 amide bonds. The van der Waals surface area contributed by atoms with Crippen LogP contribution in [0, 0.1) is 0 Å². The lowest BCUT2D eigenvalue weighted by molar-refractivity contribution is -0.284. The summed E-state index contributed by atoms with van der Waals surface area (Å²) in [5, 5.41) is 108. The van der Waals surface area contributed by atoms with E-state index >= 15 is 0 Å². The summed E-state index contributed by atoms with van der Waals surface area (Å²) in [6, 6.07) is 4.19. The van der Waals surface area contributed by atoms with Gasteiger partial charge in [0.15, 0.2) is 57.8 Å². The van der Waals surface area contributed by atoms with E-state index in [0.29, 0.717) is 24.3 Å². The number of esters is 3.